The highest BCUT2D eigenvalue weighted by Gasteiger charge is 2.19. The summed E-state index contributed by atoms with van der Waals surface area (Å²) in [5, 5.41) is 5.45. The van der Waals surface area contributed by atoms with Crippen LogP contribution in [0.2, 0.25) is 0 Å². The van der Waals surface area contributed by atoms with Crippen molar-refractivity contribution < 1.29 is 4.74 Å². The van der Waals surface area contributed by atoms with Gasteiger partial charge in [0.05, 0.1) is 30.0 Å². The Balaban J connectivity index is 1.91. The van der Waals surface area contributed by atoms with E-state index < -0.39 is 0 Å². The minimum absolute atomic E-state index is 0.0544. The van der Waals surface area contributed by atoms with Gasteiger partial charge >= 0.3 is 0 Å². The van der Waals surface area contributed by atoms with Crippen molar-refractivity contribution in [2.24, 2.45) is 5.10 Å². The van der Waals surface area contributed by atoms with Gasteiger partial charge in [-0.2, -0.15) is 5.10 Å². The molecule has 1 aromatic carbocycles. The molecule has 1 aliphatic rings. The van der Waals surface area contributed by atoms with Crippen molar-refractivity contribution in [1.29, 1.82) is 0 Å². The van der Waals surface area contributed by atoms with E-state index in [1.165, 1.54) is 0 Å². The number of rotatable bonds is 4. The lowest BCUT2D eigenvalue weighted by Gasteiger charge is -2.26. The molecule has 2 heterocycles. The number of morpholine rings is 1. The van der Waals surface area contributed by atoms with Gasteiger partial charge in [-0.1, -0.05) is 41.7 Å². The van der Waals surface area contributed by atoms with Crippen molar-refractivity contribution in [3.8, 4) is 11.3 Å². The molecule has 0 radical (unpaired) electrons. The highest BCUT2D eigenvalue weighted by atomic mass is 32.1. The highest BCUT2D eigenvalue weighted by molar-refractivity contribution is 7.17. The van der Waals surface area contributed by atoms with Crippen molar-refractivity contribution >= 4 is 22.7 Å². The van der Waals surface area contributed by atoms with Crippen molar-refractivity contribution in [2.45, 2.75) is 26.3 Å². The predicted molar refractivity (Wildman–Crippen MR) is 101 cm³/mol. The maximum atomic E-state index is 5.44. The summed E-state index contributed by atoms with van der Waals surface area (Å²) >= 11 is 1.68. The third-order valence-corrected chi connectivity index (χ3v) is 4.60. The average molecular weight is 344 g/mol. The first-order valence-electron chi connectivity index (χ1n) is 8.22. The molecule has 1 aromatic heterocycles. The molecule has 1 aliphatic heterocycles. The Morgan fingerprint density at radius 1 is 1.21 bits per heavy atom. The van der Waals surface area contributed by atoms with E-state index in [0.717, 1.165) is 47.6 Å². The molecule has 0 atom stereocenters. The number of hydrogen-bond acceptors (Lipinski definition) is 6. The molecule has 0 amide bonds. The number of hydrazone groups is 1. The van der Waals surface area contributed by atoms with Crippen LogP contribution < -0.4 is 10.3 Å². The maximum Gasteiger partial charge on any atom is 0.186 e. The standard InChI is InChI=1S/C18H24N4OS/c1-18(2,3)21-19-13-15-16(14-7-5-4-6-8-14)20-17(24-15)22-9-11-23-12-10-22/h4-8,13,21H,9-12H2,1-3H3/b19-13+. The molecule has 128 valence electrons. The van der Waals surface area contributed by atoms with Gasteiger partial charge < -0.3 is 15.1 Å². The molecule has 1 saturated heterocycles. The molecule has 24 heavy (non-hydrogen) atoms. The third kappa shape index (κ3) is 4.33. The van der Waals surface area contributed by atoms with Gasteiger partial charge in [0, 0.05) is 24.2 Å². The van der Waals surface area contributed by atoms with Crippen LogP contribution in [0.4, 0.5) is 5.13 Å². The summed E-state index contributed by atoms with van der Waals surface area (Å²) in [6.45, 7) is 9.57. The van der Waals surface area contributed by atoms with Crippen molar-refractivity contribution in [2.75, 3.05) is 31.2 Å². The fourth-order valence-corrected chi connectivity index (χ4v) is 3.40. The van der Waals surface area contributed by atoms with E-state index in [-0.39, 0.29) is 5.54 Å². The van der Waals surface area contributed by atoms with Gasteiger partial charge in [0.15, 0.2) is 5.13 Å². The van der Waals surface area contributed by atoms with Gasteiger partial charge in [0.1, 0.15) is 0 Å². The summed E-state index contributed by atoms with van der Waals surface area (Å²) in [5.41, 5.74) is 5.20. The molecule has 0 unspecified atom stereocenters. The summed E-state index contributed by atoms with van der Waals surface area (Å²) in [5.74, 6) is 0. The van der Waals surface area contributed by atoms with Gasteiger partial charge in [-0.25, -0.2) is 4.98 Å². The van der Waals surface area contributed by atoms with E-state index in [9.17, 15) is 0 Å². The first-order chi connectivity index (χ1) is 11.5. The number of anilines is 1. The number of nitrogens with one attached hydrogen (secondary N) is 1. The van der Waals surface area contributed by atoms with Crippen LogP contribution in [0.1, 0.15) is 25.6 Å². The van der Waals surface area contributed by atoms with Crippen molar-refractivity contribution in [3.63, 3.8) is 0 Å². The Morgan fingerprint density at radius 2 is 1.92 bits per heavy atom. The van der Waals surface area contributed by atoms with E-state index in [1.54, 1.807) is 11.3 Å². The van der Waals surface area contributed by atoms with Gasteiger partial charge in [0.25, 0.3) is 0 Å². The minimum atomic E-state index is -0.0544. The molecule has 3 rings (SSSR count). The lowest BCUT2D eigenvalue weighted by Crippen LogP contribution is -2.36. The molecular formula is C18H24N4OS. The summed E-state index contributed by atoms with van der Waals surface area (Å²) in [6.07, 6.45) is 1.88. The van der Waals surface area contributed by atoms with E-state index in [0.29, 0.717) is 0 Å². The van der Waals surface area contributed by atoms with Gasteiger partial charge in [-0.15, -0.1) is 0 Å². The zero-order valence-electron chi connectivity index (χ0n) is 14.5. The minimum Gasteiger partial charge on any atom is -0.378 e. The summed E-state index contributed by atoms with van der Waals surface area (Å²) in [7, 11) is 0. The van der Waals surface area contributed by atoms with Crippen molar-refractivity contribution in [1.82, 2.24) is 10.4 Å². The molecule has 6 heteroatoms. The lowest BCUT2D eigenvalue weighted by atomic mass is 10.1. The SMILES string of the molecule is CC(C)(C)N/N=C/c1sc(N2CCOCC2)nc1-c1ccccc1. The van der Waals surface area contributed by atoms with E-state index in [1.807, 2.05) is 24.4 Å². The number of benzene rings is 1. The van der Waals surface area contributed by atoms with Gasteiger partial charge in [-0.3, -0.25) is 0 Å². The number of aromatic nitrogens is 1. The Labute approximate surface area is 147 Å². The average Bonchev–Trinajstić information content (AvgIpc) is 2.99. The largest absolute Gasteiger partial charge is 0.378 e. The van der Waals surface area contributed by atoms with E-state index in [2.05, 4.69) is 48.3 Å². The summed E-state index contributed by atoms with van der Waals surface area (Å²) in [6, 6.07) is 10.3. The summed E-state index contributed by atoms with van der Waals surface area (Å²) < 4.78 is 5.44. The zero-order valence-corrected chi connectivity index (χ0v) is 15.3. The van der Waals surface area contributed by atoms with Crippen LogP contribution >= 0.6 is 11.3 Å². The van der Waals surface area contributed by atoms with Crippen LogP contribution in [-0.4, -0.2) is 43.0 Å². The van der Waals surface area contributed by atoms with Crippen LogP contribution in [0.15, 0.2) is 35.4 Å². The fourth-order valence-electron chi connectivity index (χ4n) is 2.39. The quantitative estimate of drug-likeness (QED) is 0.682. The van der Waals surface area contributed by atoms with E-state index >= 15 is 0 Å². The Kier molecular flexibility index (Phi) is 5.16. The first kappa shape index (κ1) is 16.9. The Morgan fingerprint density at radius 3 is 2.58 bits per heavy atom. The third-order valence-electron chi connectivity index (χ3n) is 3.55. The molecule has 0 aliphatic carbocycles. The summed E-state index contributed by atoms with van der Waals surface area (Å²) in [4.78, 5) is 8.24. The molecule has 0 saturated carbocycles. The predicted octanol–water partition coefficient (Wildman–Crippen LogP) is 3.37. The molecule has 2 aromatic rings. The molecule has 0 bridgehead atoms. The smallest absolute Gasteiger partial charge is 0.186 e. The zero-order chi connectivity index (χ0) is 17.0. The van der Waals surface area contributed by atoms with Crippen LogP contribution in [0.3, 0.4) is 0 Å². The molecule has 1 N–H and O–H groups in total. The molecule has 0 spiro atoms. The second-order valence-electron chi connectivity index (χ2n) is 6.79. The molecule has 5 nitrogen and oxygen atoms in total. The van der Waals surface area contributed by atoms with Crippen LogP contribution in [0.25, 0.3) is 11.3 Å². The first-order valence-corrected chi connectivity index (χ1v) is 9.04. The normalized spacial score (nSPS) is 15.9. The topological polar surface area (TPSA) is 49.8 Å². The second kappa shape index (κ2) is 7.32. The number of thiazole rings is 1. The maximum absolute atomic E-state index is 5.44. The molecular weight excluding hydrogens is 320 g/mol. The second-order valence-corrected chi connectivity index (χ2v) is 7.80. The van der Waals surface area contributed by atoms with Crippen LogP contribution in [-0.2, 0) is 4.74 Å². The van der Waals surface area contributed by atoms with Gasteiger partial charge in [-0.05, 0) is 20.8 Å². The number of hydrogen-bond donors (Lipinski definition) is 1. The fraction of sp³-hybridized carbons (Fsp3) is 0.444. The lowest BCUT2D eigenvalue weighted by molar-refractivity contribution is 0.122. The van der Waals surface area contributed by atoms with E-state index in [4.69, 9.17) is 9.72 Å². The number of nitrogens with zero attached hydrogens (tertiary/aromatic N) is 3. The highest BCUT2D eigenvalue weighted by Crippen LogP contribution is 2.32. The number of ether oxygens (including phenoxy) is 1. The Hall–Kier alpha value is -1.92. The van der Waals surface area contributed by atoms with Crippen LogP contribution in [0.5, 0.6) is 0 Å². The van der Waals surface area contributed by atoms with Crippen molar-refractivity contribution in [3.05, 3.63) is 35.2 Å². The van der Waals surface area contributed by atoms with Crippen LogP contribution in [0, 0.1) is 0 Å². The van der Waals surface area contributed by atoms with Gasteiger partial charge in [0.2, 0.25) is 0 Å². The monoisotopic (exact) mass is 344 g/mol. The molecule has 1 fully saturated rings. The Bertz CT molecular complexity index is 685.